The van der Waals surface area contributed by atoms with E-state index in [4.69, 9.17) is 4.74 Å². The summed E-state index contributed by atoms with van der Waals surface area (Å²) >= 11 is 5.26. The van der Waals surface area contributed by atoms with Crippen molar-refractivity contribution in [2.24, 2.45) is 0 Å². The molecule has 0 radical (unpaired) electrons. The van der Waals surface area contributed by atoms with E-state index in [0.717, 1.165) is 33.4 Å². The van der Waals surface area contributed by atoms with Gasteiger partial charge in [0.2, 0.25) is 0 Å². The van der Waals surface area contributed by atoms with Crippen molar-refractivity contribution in [3.8, 4) is 5.75 Å². The number of nitrogens with one attached hydrogen (secondary N) is 1. The Kier molecular flexibility index (Phi) is 3.89. The van der Waals surface area contributed by atoms with E-state index < -0.39 is 0 Å². The monoisotopic (exact) mass is 348 g/mol. The van der Waals surface area contributed by atoms with Crippen LogP contribution in [0.2, 0.25) is 0 Å². The summed E-state index contributed by atoms with van der Waals surface area (Å²) < 4.78 is 6.52. The molecule has 0 atom stereocenters. The summed E-state index contributed by atoms with van der Waals surface area (Å²) in [6.45, 7) is 0.752. The Bertz CT molecular complexity index is 742. The van der Waals surface area contributed by atoms with Crippen LogP contribution in [-0.4, -0.2) is 12.1 Å². The quantitative estimate of drug-likeness (QED) is 0.743. The summed E-state index contributed by atoms with van der Waals surface area (Å²) in [6, 6.07) is 10.0. The van der Waals surface area contributed by atoms with E-state index in [0.29, 0.717) is 0 Å². The minimum absolute atomic E-state index is 0.752. The van der Waals surface area contributed by atoms with Gasteiger partial charge in [-0.1, -0.05) is 12.1 Å². The van der Waals surface area contributed by atoms with E-state index in [1.165, 1.54) is 4.88 Å². The van der Waals surface area contributed by atoms with Gasteiger partial charge in [-0.3, -0.25) is 0 Å². The predicted octanol–water partition coefficient (Wildman–Crippen LogP) is 4.68. The Morgan fingerprint density at radius 3 is 2.90 bits per heavy atom. The maximum absolute atomic E-state index is 5.39. The van der Waals surface area contributed by atoms with Gasteiger partial charge in [0.1, 0.15) is 11.6 Å². The second-order valence-corrected chi connectivity index (χ2v) is 6.12. The molecule has 1 aromatic carbocycles. The molecule has 3 aromatic rings. The fourth-order valence-corrected chi connectivity index (χ4v) is 3.54. The molecule has 3 rings (SSSR count). The summed E-state index contributed by atoms with van der Waals surface area (Å²) in [5.74, 6) is 1.74. The van der Waals surface area contributed by atoms with Gasteiger partial charge in [0.25, 0.3) is 0 Å². The molecule has 1 N–H and O–H groups in total. The number of rotatable bonds is 4. The third-order valence-corrected chi connectivity index (χ3v) is 5.02. The SMILES string of the molecule is COc1cccc2c(NCc3sccc3Br)nccc12. The molecule has 20 heavy (non-hydrogen) atoms. The first kappa shape index (κ1) is 13.4. The minimum Gasteiger partial charge on any atom is -0.496 e. The molecule has 0 bridgehead atoms. The second-order valence-electron chi connectivity index (χ2n) is 4.26. The van der Waals surface area contributed by atoms with Gasteiger partial charge in [0, 0.05) is 26.3 Å². The molecule has 3 nitrogen and oxygen atoms in total. The first-order chi connectivity index (χ1) is 9.79. The van der Waals surface area contributed by atoms with E-state index >= 15 is 0 Å². The number of methoxy groups -OCH3 is 1. The summed E-state index contributed by atoms with van der Waals surface area (Å²) in [4.78, 5) is 5.69. The van der Waals surface area contributed by atoms with E-state index in [-0.39, 0.29) is 0 Å². The fourth-order valence-electron chi connectivity index (χ4n) is 2.11. The van der Waals surface area contributed by atoms with Crippen LogP contribution in [0.5, 0.6) is 5.75 Å². The number of anilines is 1. The van der Waals surface area contributed by atoms with Crippen molar-refractivity contribution in [2.75, 3.05) is 12.4 Å². The van der Waals surface area contributed by atoms with Crippen molar-refractivity contribution >= 4 is 43.9 Å². The molecule has 2 heterocycles. The maximum atomic E-state index is 5.39. The zero-order chi connectivity index (χ0) is 13.9. The van der Waals surface area contributed by atoms with E-state index in [1.807, 2.05) is 18.2 Å². The van der Waals surface area contributed by atoms with Gasteiger partial charge in [-0.15, -0.1) is 11.3 Å². The number of aromatic nitrogens is 1. The molecule has 5 heteroatoms. The molecule has 0 aliphatic carbocycles. The van der Waals surface area contributed by atoms with Crippen LogP contribution in [0.25, 0.3) is 10.8 Å². The number of ether oxygens (including phenoxy) is 1. The predicted molar refractivity (Wildman–Crippen MR) is 87.6 cm³/mol. The highest BCUT2D eigenvalue weighted by atomic mass is 79.9. The van der Waals surface area contributed by atoms with Crippen LogP contribution in [0.15, 0.2) is 46.4 Å². The molecule has 2 aromatic heterocycles. The summed E-state index contributed by atoms with van der Waals surface area (Å²) in [6.07, 6.45) is 1.80. The third-order valence-electron chi connectivity index (χ3n) is 3.09. The molecule has 0 unspecified atom stereocenters. The molecular weight excluding hydrogens is 336 g/mol. The van der Waals surface area contributed by atoms with Crippen molar-refractivity contribution in [2.45, 2.75) is 6.54 Å². The third kappa shape index (κ3) is 2.51. The largest absolute Gasteiger partial charge is 0.496 e. The lowest BCUT2D eigenvalue weighted by atomic mass is 10.1. The number of benzene rings is 1. The van der Waals surface area contributed by atoms with Crippen LogP contribution in [0.1, 0.15) is 4.88 Å². The number of hydrogen-bond acceptors (Lipinski definition) is 4. The minimum atomic E-state index is 0.752. The number of nitrogens with zero attached hydrogens (tertiary/aromatic N) is 1. The number of pyridine rings is 1. The van der Waals surface area contributed by atoms with Crippen molar-refractivity contribution in [3.05, 3.63) is 51.3 Å². The zero-order valence-corrected chi connectivity index (χ0v) is 13.3. The van der Waals surface area contributed by atoms with E-state index in [2.05, 4.69) is 43.7 Å². The van der Waals surface area contributed by atoms with Gasteiger partial charge in [-0.25, -0.2) is 4.98 Å². The lowest BCUT2D eigenvalue weighted by Crippen LogP contribution is -2.01. The fraction of sp³-hybridized carbons (Fsp3) is 0.133. The summed E-state index contributed by atoms with van der Waals surface area (Å²) in [5.41, 5.74) is 0. The smallest absolute Gasteiger partial charge is 0.134 e. The number of thiophene rings is 1. The zero-order valence-electron chi connectivity index (χ0n) is 10.9. The first-order valence-corrected chi connectivity index (χ1v) is 7.84. The number of halogens is 1. The Balaban J connectivity index is 1.94. The second kappa shape index (κ2) is 5.81. The van der Waals surface area contributed by atoms with Gasteiger partial charge >= 0.3 is 0 Å². The lowest BCUT2D eigenvalue weighted by molar-refractivity contribution is 0.420. The van der Waals surface area contributed by atoms with Gasteiger partial charge in [0.05, 0.1) is 13.7 Å². The van der Waals surface area contributed by atoms with E-state index in [1.54, 1.807) is 24.6 Å². The molecule has 0 aliphatic rings. The molecule has 0 spiro atoms. The van der Waals surface area contributed by atoms with Gasteiger partial charge < -0.3 is 10.1 Å². The Labute approximate surface area is 129 Å². The highest BCUT2D eigenvalue weighted by molar-refractivity contribution is 9.10. The van der Waals surface area contributed by atoms with Crippen molar-refractivity contribution < 1.29 is 4.74 Å². The Morgan fingerprint density at radius 1 is 1.25 bits per heavy atom. The topological polar surface area (TPSA) is 34.1 Å². The first-order valence-electron chi connectivity index (χ1n) is 6.17. The maximum Gasteiger partial charge on any atom is 0.134 e. The Hall–Kier alpha value is -1.59. The van der Waals surface area contributed by atoms with Crippen LogP contribution < -0.4 is 10.1 Å². The summed E-state index contributed by atoms with van der Waals surface area (Å²) in [5, 5.41) is 7.60. The van der Waals surface area contributed by atoms with Gasteiger partial charge in [-0.05, 0) is 39.5 Å². The Morgan fingerprint density at radius 2 is 2.15 bits per heavy atom. The molecule has 0 saturated heterocycles. The molecular formula is C15H13BrN2OS. The standard InChI is InChI=1S/C15H13BrN2OS/c1-19-13-4-2-3-11-10(13)5-7-17-15(11)18-9-14-12(16)6-8-20-14/h2-8H,9H2,1H3,(H,17,18). The molecule has 0 saturated carbocycles. The number of fused-ring (bicyclic) bond motifs is 1. The average Bonchev–Trinajstić information content (AvgIpc) is 2.89. The molecule has 0 fully saturated rings. The van der Waals surface area contributed by atoms with Crippen LogP contribution in [0, 0.1) is 0 Å². The summed E-state index contributed by atoms with van der Waals surface area (Å²) in [7, 11) is 1.69. The lowest BCUT2D eigenvalue weighted by Gasteiger charge is -2.10. The van der Waals surface area contributed by atoms with Crippen LogP contribution in [0.4, 0.5) is 5.82 Å². The van der Waals surface area contributed by atoms with Gasteiger partial charge in [-0.2, -0.15) is 0 Å². The molecule has 0 aliphatic heterocycles. The van der Waals surface area contributed by atoms with Gasteiger partial charge in [0.15, 0.2) is 0 Å². The highest BCUT2D eigenvalue weighted by Gasteiger charge is 2.07. The van der Waals surface area contributed by atoms with Crippen LogP contribution >= 0.6 is 27.3 Å². The van der Waals surface area contributed by atoms with Crippen molar-refractivity contribution in [1.82, 2.24) is 4.98 Å². The molecule has 102 valence electrons. The van der Waals surface area contributed by atoms with Crippen LogP contribution in [-0.2, 0) is 6.54 Å². The average molecular weight is 349 g/mol. The normalized spacial score (nSPS) is 10.7. The highest BCUT2D eigenvalue weighted by Crippen LogP contribution is 2.30. The van der Waals surface area contributed by atoms with E-state index in [9.17, 15) is 0 Å². The van der Waals surface area contributed by atoms with Crippen molar-refractivity contribution in [3.63, 3.8) is 0 Å². The number of hydrogen-bond donors (Lipinski definition) is 1. The van der Waals surface area contributed by atoms with Crippen LogP contribution in [0.3, 0.4) is 0 Å². The molecule has 0 amide bonds. The van der Waals surface area contributed by atoms with Crippen molar-refractivity contribution in [1.29, 1.82) is 0 Å².